The predicted molar refractivity (Wildman–Crippen MR) is 50.9 cm³/mol. The first kappa shape index (κ1) is 11.6. The second-order valence-electron chi connectivity index (χ2n) is 3.28. The molecule has 17 heavy (non-hydrogen) atoms. The number of rotatable bonds is 1. The van der Waals surface area contributed by atoms with Gasteiger partial charge in [-0.2, -0.15) is 18.2 Å². The topological polar surface area (TPSA) is 62.0 Å². The minimum absolute atomic E-state index is 0.0966. The van der Waals surface area contributed by atoms with Gasteiger partial charge in [-0.3, -0.25) is 5.21 Å². The Hall–Kier alpha value is -1.93. The third-order valence-corrected chi connectivity index (χ3v) is 2.06. The Labute approximate surface area is 94.0 Å². The van der Waals surface area contributed by atoms with Crippen LogP contribution in [0.2, 0.25) is 0 Å². The number of nitrogens with zero attached hydrogens (tertiary/aromatic N) is 2. The fourth-order valence-corrected chi connectivity index (χ4v) is 1.26. The second-order valence-corrected chi connectivity index (χ2v) is 3.28. The lowest BCUT2D eigenvalue weighted by Gasteiger charge is -2.16. The highest BCUT2D eigenvalue weighted by Gasteiger charge is 2.31. The van der Waals surface area contributed by atoms with Crippen molar-refractivity contribution in [2.75, 3.05) is 5.06 Å². The SMILES string of the molecule is NC1=CN(c2cccc(C(F)(F)F)c2)ON1O. The molecule has 3 N–H and O–H groups in total. The van der Waals surface area contributed by atoms with E-state index in [9.17, 15) is 13.2 Å². The minimum atomic E-state index is -4.44. The summed E-state index contributed by atoms with van der Waals surface area (Å²) in [5, 5.41) is 10.2. The van der Waals surface area contributed by atoms with Crippen molar-refractivity contribution in [3.05, 3.63) is 41.8 Å². The van der Waals surface area contributed by atoms with Gasteiger partial charge in [-0.25, -0.2) is 0 Å². The standard InChI is InChI=1S/C9H8F3N3O2/c10-9(11,12)6-2-1-3-7(4-6)14-5-8(13)15(16)17-14/h1-5,16H,13H2. The Morgan fingerprint density at radius 3 is 2.53 bits per heavy atom. The quantitative estimate of drug-likeness (QED) is 0.792. The van der Waals surface area contributed by atoms with Crippen molar-refractivity contribution in [1.29, 1.82) is 0 Å². The maximum atomic E-state index is 12.4. The number of nitrogens with two attached hydrogens (primary N) is 1. The zero-order valence-corrected chi connectivity index (χ0v) is 8.35. The number of benzene rings is 1. The van der Waals surface area contributed by atoms with Crippen LogP contribution in [0.25, 0.3) is 0 Å². The van der Waals surface area contributed by atoms with Crippen LogP contribution < -0.4 is 10.8 Å². The van der Waals surface area contributed by atoms with Crippen LogP contribution >= 0.6 is 0 Å². The summed E-state index contributed by atoms with van der Waals surface area (Å²) in [6.07, 6.45) is -3.29. The molecular formula is C9H8F3N3O2. The van der Waals surface area contributed by atoms with E-state index in [0.717, 1.165) is 23.4 Å². The molecule has 1 aromatic carbocycles. The summed E-state index contributed by atoms with van der Waals surface area (Å²) in [5.74, 6) is -0.137. The largest absolute Gasteiger partial charge is 0.416 e. The average Bonchev–Trinajstić information content (AvgIpc) is 2.58. The van der Waals surface area contributed by atoms with Crippen LogP contribution in [0.1, 0.15) is 5.56 Å². The van der Waals surface area contributed by atoms with Gasteiger partial charge in [-0.1, -0.05) is 11.3 Å². The maximum absolute atomic E-state index is 12.4. The lowest BCUT2D eigenvalue weighted by Crippen LogP contribution is -2.23. The molecule has 0 aromatic heterocycles. The Balaban J connectivity index is 2.29. The normalized spacial score (nSPS) is 16.4. The van der Waals surface area contributed by atoms with E-state index in [4.69, 9.17) is 10.9 Å². The lowest BCUT2D eigenvalue weighted by atomic mass is 10.2. The van der Waals surface area contributed by atoms with Crippen molar-refractivity contribution in [2.24, 2.45) is 5.73 Å². The van der Waals surface area contributed by atoms with Gasteiger partial charge in [0.2, 0.25) is 0 Å². The van der Waals surface area contributed by atoms with Crippen molar-refractivity contribution in [1.82, 2.24) is 5.23 Å². The molecule has 0 aliphatic carbocycles. The second kappa shape index (κ2) is 3.82. The monoisotopic (exact) mass is 247 g/mol. The van der Waals surface area contributed by atoms with Gasteiger partial charge in [0.1, 0.15) is 0 Å². The molecule has 0 spiro atoms. The van der Waals surface area contributed by atoms with Gasteiger partial charge < -0.3 is 5.73 Å². The lowest BCUT2D eigenvalue weighted by molar-refractivity contribution is -0.304. The zero-order valence-electron chi connectivity index (χ0n) is 8.35. The van der Waals surface area contributed by atoms with Gasteiger partial charge in [0.25, 0.3) is 0 Å². The van der Waals surface area contributed by atoms with Crippen LogP contribution in [0.5, 0.6) is 0 Å². The van der Waals surface area contributed by atoms with E-state index >= 15 is 0 Å². The molecule has 0 radical (unpaired) electrons. The summed E-state index contributed by atoms with van der Waals surface area (Å²) >= 11 is 0. The van der Waals surface area contributed by atoms with Crippen molar-refractivity contribution < 1.29 is 23.3 Å². The number of hydrogen-bond acceptors (Lipinski definition) is 5. The Kier molecular flexibility index (Phi) is 2.60. The molecule has 0 saturated carbocycles. The fraction of sp³-hybridized carbons (Fsp3) is 0.111. The molecule has 92 valence electrons. The number of halogens is 3. The van der Waals surface area contributed by atoms with Crippen LogP contribution in [0, 0.1) is 0 Å². The molecule has 0 fully saturated rings. The van der Waals surface area contributed by atoms with Gasteiger partial charge in [0.15, 0.2) is 5.82 Å². The number of hydroxylamine groups is 3. The molecule has 5 nitrogen and oxygen atoms in total. The molecule has 1 aliphatic heterocycles. The maximum Gasteiger partial charge on any atom is 0.416 e. The van der Waals surface area contributed by atoms with E-state index in [1.165, 1.54) is 12.1 Å². The van der Waals surface area contributed by atoms with Crippen LogP contribution in [0.4, 0.5) is 18.9 Å². The molecule has 0 unspecified atom stereocenters. The summed E-state index contributed by atoms with van der Waals surface area (Å²) in [4.78, 5) is 4.66. The summed E-state index contributed by atoms with van der Waals surface area (Å²) < 4.78 is 37.3. The van der Waals surface area contributed by atoms with E-state index in [0.29, 0.717) is 0 Å². The van der Waals surface area contributed by atoms with Gasteiger partial charge in [0, 0.05) is 0 Å². The molecule has 0 saturated heterocycles. The van der Waals surface area contributed by atoms with Gasteiger partial charge in [-0.15, -0.1) is 4.94 Å². The van der Waals surface area contributed by atoms with Crippen LogP contribution in [0.3, 0.4) is 0 Å². The van der Waals surface area contributed by atoms with E-state index in [2.05, 4.69) is 4.94 Å². The summed E-state index contributed by atoms with van der Waals surface area (Å²) in [6.45, 7) is 0. The number of anilines is 1. The molecule has 2 rings (SSSR count). The van der Waals surface area contributed by atoms with Gasteiger partial charge >= 0.3 is 6.18 Å². The Morgan fingerprint density at radius 2 is 2.00 bits per heavy atom. The van der Waals surface area contributed by atoms with Crippen molar-refractivity contribution in [3.63, 3.8) is 0 Å². The number of hydrogen-bond donors (Lipinski definition) is 2. The molecule has 0 bridgehead atoms. The summed E-state index contributed by atoms with van der Waals surface area (Å²) in [6, 6.07) is 4.43. The first-order valence-electron chi connectivity index (χ1n) is 4.49. The van der Waals surface area contributed by atoms with Crippen LogP contribution in [-0.4, -0.2) is 10.4 Å². The highest BCUT2D eigenvalue weighted by Crippen LogP contribution is 2.32. The molecule has 0 atom stereocenters. The van der Waals surface area contributed by atoms with Crippen molar-refractivity contribution >= 4 is 5.69 Å². The van der Waals surface area contributed by atoms with Gasteiger partial charge in [-0.05, 0) is 18.2 Å². The van der Waals surface area contributed by atoms with Crippen molar-refractivity contribution in [3.8, 4) is 0 Å². The van der Waals surface area contributed by atoms with E-state index in [1.54, 1.807) is 0 Å². The zero-order chi connectivity index (χ0) is 12.6. The van der Waals surface area contributed by atoms with Crippen LogP contribution in [0.15, 0.2) is 36.3 Å². The molecule has 1 heterocycles. The minimum Gasteiger partial charge on any atom is -0.380 e. The van der Waals surface area contributed by atoms with Crippen molar-refractivity contribution in [2.45, 2.75) is 6.18 Å². The third-order valence-electron chi connectivity index (χ3n) is 2.06. The summed E-state index contributed by atoms with van der Waals surface area (Å²) in [7, 11) is 0. The Morgan fingerprint density at radius 1 is 1.29 bits per heavy atom. The molecule has 0 amide bonds. The first-order chi connectivity index (χ1) is 7.88. The van der Waals surface area contributed by atoms with Crippen LogP contribution in [-0.2, 0) is 11.1 Å². The first-order valence-corrected chi connectivity index (χ1v) is 4.49. The van der Waals surface area contributed by atoms with E-state index < -0.39 is 11.7 Å². The van der Waals surface area contributed by atoms with E-state index in [1.807, 2.05) is 0 Å². The summed E-state index contributed by atoms with van der Waals surface area (Å²) in [5.41, 5.74) is 4.56. The smallest absolute Gasteiger partial charge is 0.380 e. The number of alkyl halides is 3. The highest BCUT2D eigenvalue weighted by atomic mass is 19.4. The third kappa shape index (κ3) is 2.27. The molecule has 1 aromatic rings. The average molecular weight is 247 g/mol. The molecular weight excluding hydrogens is 239 g/mol. The molecule has 8 heteroatoms. The molecule has 1 aliphatic rings. The fourth-order valence-electron chi connectivity index (χ4n) is 1.26. The predicted octanol–water partition coefficient (Wildman–Crippen LogP) is 1.82. The van der Waals surface area contributed by atoms with Gasteiger partial charge in [0.05, 0.1) is 17.5 Å². The highest BCUT2D eigenvalue weighted by molar-refractivity contribution is 5.50. The Bertz CT molecular complexity index is 461. The van der Waals surface area contributed by atoms with E-state index in [-0.39, 0.29) is 16.7 Å².